The number of carbonyl (C=O) groups excluding carboxylic acids is 1. The fraction of sp³-hybridized carbons (Fsp3) is 0.360. The van der Waals surface area contributed by atoms with Gasteiger partial charge in [0.05, 0.1) is 16.2 Å². The highest BCUT2D eigenvalue weighted by Gasteiger charge is 2.36. The van der Waals surface area contributed by atoms with E-state index in [1.807, 2.05) is 38.1 Å². The molecular formula is C25H27N3O4. The van der Waals surface area contributed by atoms with Gasteiger partial charge in [0.25, 0.3) is 5.69 Å². The van der Waals surface area contributed by atoms with Crippen molar-refractivity contribution in [3.63, 3.8) is 0 Å². The summed E-state index contributed by atoms with van der Waals surface area (Å²) in [5.41, 5.74) is 4.19. The second-order valence-corrected chi connectivity index (χ2v) is 8.37. The molecular weight excluding hydrogens is 406 g/mol. The number of carbonyl (C=O) groups is 1. The van der Waals surface area contributed by atoms with Gasteiger partial charge in [-0.15, -0.1) is 0 Å². The van der Waals surface area contributed by atoms with E-state index >= 15 is 0 Å². The summed E-state index contributed by atoms with van der Waals surface area (Å²) in [5, 5.41) is 14.8. The van der Waals surface area contributed by atoms with E-state index in [0.717, 1.165) is 37.0 Å². The van der Waals surface area contributed by atoms with Gasteiger partial charge in [-0.1, -0.05) is 24.6 Å². The molecule has 2 heterocycles. The fourth-order valence-corrected chi connectivity index (χ4v) is 4.68. The smallest absolute Gasteiger partial charge is 0.337 e. The van der Waals surface area contributed by atoms with Crippen LogP contribution in [-0.4, -0.2) is 22.0 Å². The summed E-state index contributed by atoms with van der Waals surface area (Å²) >= 11 is 0. The molecule has 1 aliphatic carbocycles. The van der Waals surface area contributed by atoms with Gasteiger partial charge in [0.1, 0.15) is 6.10 Å². The SMILES string of the molecule is CC1=C(C(=O)OC2CCCCC2)C(c2cccc([N+](=O)[O-])c2)C(c2ccccn2)=C(C)N1. The third kappa shape index (κ3) is 4.42. The zero-order valence-electron chi connectivity index (χ0n) is 18.3. The van der Waals surface area contributed by atoms with Crippen molar-refractivity contribution < 1.29 is 14.5 Å². The molecule has 1 aliphatic heterocycles. The highest BCUT2D eigenvalue weighted by molar-refractivity contribution is 5.97. The number of nitro groups is 1. The third-order valence-corrected chi connectivity index (χ3v) is 6.16. The van der Waals surface area contributed by atoms with E-state index in [2.05, 4.69) is 10.3 Å². The van der Waals surface area contributed by atoms with Crippen molar-refractivity contribution in [1.82, 2.24) is 10.3 Å². The highest BCUT2D eigenvalue weighted by Crippen LogP contribution is 2.44. The Balaban J connectivity index is 1.81. The van der Waals surface area contributed by atoms with Crippen LogP contribution < -0.4 is 5.32 Å². The van der Waals surface area contributed by atoms with Gasteiger partial charge in [-0.25, -0.2) is 4.79 Å². The molecule has 2 aromatic rings. The predicted octanol–water partition coefficient (Wildman–Crippen LogP) is 5.26. The van der Waals surface area contributed by atoms with E-state index in [0.29, 0.717) is 22.5 Å². The van der Waals surface area contributed by atoms with Crippen LogP contribution in [0.2, 0.25) is 0 Å². The largest absolute Gasteiger partial charge is 0.459 e. The van der Waals surface area contributed by atoms with Gasteiger partial charge in [0.15, 0.2) is 0 Å². The van der Waals surface area contributed by atoms with Gasteiger partial charge in [0, 0.05) is 41.2 Å². The maximum absolute atomic E-state index is 13.5. The Morgan fingerprint density at radius 1 is 1.09 bits per heavy atom. The van der Waals surface area contributed by atoms with Gasteiger partial charge in [0.2, 0.25) is 0 Å². The molecule has 1 N–H and O–H groups in total. The number of ether oxygens (including phenoxy) is 1. The van der Waals surface area contributed by atoms with E-state index in [1.165, 1.54) is 18.6 Å². The number of allylic oxidation sites excluding steroid dienone is 3. The summed E-state index contributed by atoms with van der Waals surface area (Å²) < 4.78 is 5.94. The zero-order chi connectivity index (χ0) is 22.7. The molecule has 1 aromatic heterocycles. The summed E-state index contributed by atoms with van der Waals surface area (Å²) in [5.74, 6) is -0.901. The molecule has 0 bridgehead atoms. The topological polar surface area (TPSA) is 94.4 Å². The van der Waals surface area contributed by atoms with Crippen LogP contribution in [0.3, 0.4) is 0 Å². The Morgan fingerprint density at radius 2 is 1.88 bits per heavy atom. The van der Waals surface area contributed by atoms with Gasteiger partial charge >= 0.3 is 5.97 Å². The van der Waals surface area contributed by atoms with Crippen molar-refractivity contribution in [1.29, 1.82) is 0 Å². The number of hydrogen-bond acceptors (Lipinski definition) is 6. The molecule has 4 rings (SSSR count). The lowest BCUT2D eigenvalue weighted by Crippen LogP contribution is -2.31. The Hall–Kier alpha value is -3.48. The van der Waals surface area contributed by atoms with Crippen LogP contribution in [0.25, 0.3) is 5.57 Å². The molecule has 0 amide bonds. The number of hydrogen-bond donors (Lipinski definition) is 1. The van der Waals surface area contributed by atoms with E-state index in [-0.39, 0.29) is 17.8 Å². The number of benzene rings is 1. The summed E-state index contributed by atoms with van der Waals surface area (Å²) in [7, 11) is 0. The van der Waals surface area contributed by atoms with Crippen LogP contribution in [0.1, 0.15) is 63.1 Å². The fourth-order valence-electron chi connectivity index (χ4n) is 4.68. The molecule has 1 fully saturated rings. The van der Waals surface area contributed by atoms with E-state index in [1.54, 1.807) is 12.3 Å². The van der Waals surface area contributed by atoms with Crippen LogP contribution in [0.5, 0.6) is 0 Å². The Kier molecular flexibility index (Phi) is 6.35. The molecule has 1 unspecified atom stereocenters. The monoisotopic (exact) mass is 433 g/mol. The Morgan fingerprint density at radius 3 is 2.56 bits per heavy atom. The lowest BCUT2D eigenvalue weighted by molar-refractivity contribution is -0.384. The minimum atomic E-state index is -0.526. The van der Waals surface area contributed by atoms with Gasteiger partial charge in [-0.05, 0) is 57.2 Å². The number of nitro benzene ring substituents is 1. The average Bonchev–Trinajstić information content (AvgIpc) is 2.79. The Labute approximate surface area is 187 Å². The molecule has 0 saturated heterocycles. The van der Waals surface area contributed by atoms with Crippen molar-refractivity contribution in [2.45, 2.75) is 58.0 Å². The molecule has 7 heteroatoms. The molecule has 2 aliphatic rings. The van der Waals surface area contributed by atoms with Gasteiger partial charge in [-0.2, -0.15) is 0 Å². The summed E-state index contributed by atoms with van der Waals surface area (Å²) in [6.07, 6.45) is 6.63. The average molecular weight is 434 g/mol. The number of nitrogens with zero attached hydrogens (tertiary/aromatic N) is 2. The standard InChI is InChI=1S/C25H27N3O4/c1-16-22(21-13-6-7-14-26-21)24(18-9-8-10-19(15-18)28(30)31)23(17(2)27-16)25(29)32-20-11-4-3-5-12-20/h6-10,13-15,20,24,27H,3-5,11-12H2,1-2H3. The maximum atomic E-state index is 13.5. The second kappa shape index (κ2) is 9.34. The number of rotatable bonds is 5. The van der Waals surface area contributed by atoms with Gasteiger partial charge in [-0.3, -0.25) is 15.1 Å². The quantitative estimate of drug-likeness (QED) is 0.393. The lowest BCUT2D eigenvalue weighted by atomic mass is 9.79. The van der Waals surface area contributed by atoms with Crippen molar-refractivity contribution in [3.8, 4) is 0 Å². The third-order valence-electron chi connectivity index (χ3n) is 6.16. The molecule has 1 saturated carbocycles. The molecule has 32 heavy (non-hydrogen) atoms. The minimum Gasteiger partial charge on any atom is -0.459 e. The molecule has 0 radical (unpaired) electrons. The number of nitrogens with one attached hydrogen (secondary N) is 1. The van der Waals surface area contributed by atoms with E-state index < -0.39 is 10.8 Å². The lowest BCUT2D eigenvalue weighted by Gasteiger charge is -2.32. The van der Waals surface area contributed by atoms with Crippen LogP contribution in [0.15, 0.2) is 65.6 Å². The number of esters is 1. The normalized spacial score (nSPS) is 19.5. The maximum Gasteiger partial charge on any atom is 0.337 e. The van der Waals surface area contributed by atoms with Gasteiger partial charge < -0.3 is 10.1 Å². The van der Waals surface area contributed by atoms with Crippen molar-refractivity contribution in [2.24, 2.45) is 0 Å². The van der Waals surface area contributed by atoms with Crippen LogP contribution in [0.4, 0.5) is 5.69 Å². The number of pyridine rings is 1. The van der Waals surface area contributed by atoms with E-state index in [4.69, 9.17) is 4.74 Å². The minimum absolute atomic E-state index is 0.0169. The van der Waals surface area contributed by atoms with Crippen molar-refractivity contribution in [3.05, 3.63) is 87.0 Å². The zero-order valence-corrected chi connectivity index (χ0v) is 18.3. The summed E-state index contributed by atoms with van der Waals surface area (Å²) in [6, 6.07) is 12.1. The highest BCUT2D eigenvalue weighted by atomic mass is 16.6. The molecule has 1 aromatic carbocycles. The van der Waals surface area contributed by atoms with Crippen LogP contribution in [0, 0.1) is 10.1 Å². The Bertz CT molecular complexity index is 1090. The number of dihydropyridines is 1. The molecule has 7 nitrogen and oxygen atoms in total. The first-order valence-electron chi connectivity index (χ1n) is 11.0. The molecule has 166 valence electrons. The first kappa shape index (κ1) is 21.7. The van der Waals surface area contributed by atoms with Crippen molar-refractivity contribution >= 4 is 17.2 Å². The first-order valence-corrected chi connectivity index (χ1v) is 11.0. The molecule has 0 spiro atoms. The molecule has 1 atom stereocenters. The van der Waals surface area contributed by atoms with Crippen LogP contribution >= 0.6 is 0 Å². The number of aromatic nitrogens is 1. The number of non-ortho nitro benzene ring substituents is 1. The summed E-state index contributed by atoms with van der Waals surface area (Å²) in [4.78, 5) is 29.0. The first-order chi connectivity index (χ1) is 15.5. The summed E-state index contributed by atoms with van der Waals surface area (Å²) in [6.45, 7) is 3.78. The second-order valence-electron chi connectivity index (χ2n) is 8.37. The van der Waals surface area contributed by atoms with Crippen molar-refractivity contribution in [2.75, 3.05) is 0 Å². The van der Waals surface area contributed by atoms with E-state index in [9.17, 15) is 14.9 Å². The predicted molar refractivity (Wildman–Crippen MR) is 121 cm³/mol. The van der Waals surface area contributed by atoms with Crippen LogP contribution in [-0.2, 0) is 9.53 Å².